The van der Waals surface area contributed by atoms with Crippen molar-refractivity contribution in [2.24, 2.45) is 0 Å². The molecule has 0 spiro atoms. The Labute approximate surface area is 158 Å². The number of aryl methyl sites for hydroxylation is 1. The highest BCUT2D eigenvalue weighted by atomic mass is 16.5. The molecule has 0 aliphatic carbocycles. The molecular formula is C21H23N3O3. The van der Waals surface area contributed by atoms with Crippen LogP contribution in [0.5, 0.6) is 0 Å². The summed E-state index contributed by atoms with van der Waals surface area (Å²) in [4.78, 5) is 27.1. The average Bonchev–Trinajstić information content (AvgIpc) is 3.09. The van der Waals surface area contributed by atoms with Crippen LogP contribution in [0.1, 0.15) is 36.4 Å². The third-order valence-electron chi connectivity index (χ3n) is 4.59. The third-order valence-corrected chi connectivity index (χ3v) is 4.59. The fraction of sp³-hybridized carbons (Fsp3) is 0.286. The van der Waals surface area contributed by atoms with Gasteiger partial charge in [0.15, 0.2) is 5.82 Å². The van der Waals surface area contributed by atoms with Gasteiger partial charge in [0.1, 0.15) is 12.3 Å². The monoisotopic (exact) mass is 365 g/mol. The number of aromatic nitrogens is 1. The molecule has 1 heterocycles. The Bertz CT molecular complexity index is 964. The van der Waals surface area contributed by atoms with Crippen LogP contribution in [0, 0.1) is 6.92 Å². The summed E-state index contributed by atoms with van der Waals surface area (Å²) in [5.74, 6) is 0.482. The van der Waals surface area contributed by atoms with Crippen molar-refractivity contribution in [3.05, 3.63) is 59.9 Å². The number of anilines is 1. The van der Waals surface area contributed by atoms with E-state index < -0.39 is 0 Å². The Morgan fingerprint density at radius 3 is 2.56 bits per heavy atom. The van der Waals surface area contributed by atoms with Crippen LogP contribution in [0.15, 0.2) is 53.1 Å². The second kappa shape index (κ2) is 8.03. The van der Waals surface area contributed by atoms with Gasteiger partial charge >= 0.3 is 0 Å². The smallest absolute Gasteiger partial charge is 0.254 e. The first kappa shape index (κ1) is 18.6. The minimum absolute atomic E-state index is 0.0490. The zero-order valence-electron chi connectivity index (χ0n) is 15.7. The topological polar surface area (TPSA) is 75.4 Å². The summed E-state index contributed by atoms with van der Waals surface area (Å²) in [6.45, 7) is 5.63. The zero-order chi connectivity index (χ0) is 19.4. The molecule has 0 saturated carbocycles. The molecule has 1 unspecified atom stereocenters. The number of hydrogen-bond acceptors (Lipinski definition) is 4. The van der Waals surface area contributed by atoms with Gasteiger partial charge in [-0.3, -0.25) is 9.59 Å². The maximum absolute atomic E-state index is 13.1. The molecule has 0 saturated heterocycles. The van der Waals surface area contributed by atoms with Crippen LogP contribution in [-0.2, 0) is 4.79 Å². The molecule has 1 atom stereocenters. The highest BCUT2D eigenvalue weighted by molar-refractivity contribution is 6.01. The summed E-state index contributed by atoms with van der Waals surface area (Å²) in [7, 11) is 0. The van der Waals surface area contributed by atoms with Gasteiger partial charge in [-0.25, -0.2) is 0 Å². The lowest BCUT2D eigenvalue weighted by Crippen LogP contribution is -2.43. The Hall–Kier alpha value is -3.15. The van der Waals surface area contributed by atoms with E-state index in [-0.39, 0.29) is 24.4 Å². The lowest BCUT2D eigenvalue weighted by Gasteiger charge is -2.28. The van der Waals surface area contributed by atoms with E-state index in [1.54, 1.807) is 24.0 Å². The molecule has 3 rings (SSSR count). The standard InChI is InChI=1S/C21H23N3O3/c1-4-14(2)24(13-20(25)22-19-11-15(3)27-23-19)21(26)18-10-9-16-7-5-6-8-17(16)12-18/h5-12,14H,4,13H2,1-3H3,(H,22,23,25). The average molecular weight is 365 g/mol. The van der Waals surface area contributed by atoms with Gasteiger partial charge < -0.3 is 14.7 Å². The van der Waals surface area contributed by atoms with Crippen LogP contribution < -0.4 is 5.32 Å². The Kier molecular flexibility index (Phi) is 5.54. The molecule has 0 radical (unpaired) electrons. The number of fused-ring (bicyclic) bond motifs is 1. The molecule has 3 aromatic rings. The number of carbonyl (C=O) groups is 2. The molecule has 6 heteroatoms. The van der Waals surface area contributed by atoms with Crippen LogP contribution in [0.3, 0.4) is 0 Å². The predicted octanol–water partition coefficient (Wildman–Crippen LogP) is 4.02. The fourth-order valence-electron chi connectivity index (χ4n) is 2.90. The number of nitrogens with zero attached hydrogens (tertiary/aromatic N) is 2. The van der Waals surface area contributed by atoms with Crippen molar-refractivity contribution in [2.45, 2.75) is 33.2 Å². The number of rotatable bonds is 6. The maximum Gasteiger partial charge on any atom is 0.254 e. The lowest BCUT2D eigenvalue weighted by molar-refractivity contribution is -0.117. The van der Waals surface area contributed by atoms with Crippen molar-refractivity contribution < 1.29 is 14.1 Å². The van der Waals surface area contributed by atoms with Crippen molar-refractivity contribution >= 4 is 28.4 Å². The summed E-state index contributed by atoms with van der Waals surface area (Å²) >= 11 is 0. The second-order valence-electron chi connectivity index (χ2n) is 6.62. The molecular weight excluding hydrogens is 342 g/mol. The Balaban J connectivity index is 1.80. The number of nitrogens with one attached hydrogen (secondary N) is 1. The molecule has 27 heavy (non-hydrogen) atoms. The molecule has 2 aromatic carbocycles. The summed E-state index contributed by atoms with van der Waals surface area (Å²) in [5.41, 5.74) is 0.569. The highest BCUT2D eigenvalue weighted by Crippen LogP contribution is 2.18. The number of benzene rings is 2. The van der Waals surface area contributed by atoms with E-state index in [0.29, 0.717) is 17.1 Å². The highest BCUT2D eigenvalue weighted by Gasteiger charge is 2.23. The third kappa shape index (κ3) is 4.34. The molecule has 1 N–H and O–H groups in total. The Morgan fingerprint density at radius 1 is 1.15 bits per heavy atom. The van der Waals surface area contributed by atoms with Crippen molar-refractivity contribution in [3.8, 4) is 0 Å². The first-order chi connectivity index (χ1) is 13.0. The van der Waals surface area contributed by atoms with Crippen molar-refractivity contribution in [1.82, 2.24) is 10.1 Å². The van der Waals surface area contributed by atoms with Crippen LogP contribution in [0.4, 0.5) is 5.82 Å². The van der Waals surface area contributed by atoms with E-state index in [0.717, 1.165) is 17.2 Å². The van der Waals surface area contributed by atoms with E-state index in [9.17, 15) is 9.59 Å². The summed E-state index contributed by atoms with van der Waals surface area (Å²) < 4.78 is 4.95. The van der Waals surface area contributed by atoms with E-state index in [4.69, 9.17) is 4.52 Å². The van der Waals surface area contributed by atoms with Gasteiger partial charge in [0, 0.05) is 17.7 Å². The molecule has 2 amide bonds. The Morgan fingerprint density at radius 2 is 1.89 bits per heavy atom. The molecule has 6 nitrogen and oxygen atoms in total. The van der Waals surface area contributed by atoms with E-state index >= 15 is 0 Å². The first-order valence-electron chi connectivity index (χ1n) is 9.01. The van der Waals surface area contributed by atoms with E-state index in [1.807, 2.05) is 50.2 Å². The summed E-state index contributed by atoms with van der Waals surface area (Å²) in [6, 6.07) is 15.0. The van der Waals surface area contributed by atoms with Crippen molar-refractivity contribution in [2.75, 3.05) is 11.9 Å². The second-order valence-corrected chi connectivity index (χ2v) is 6.62. The molecule has 140 valence electrons. The molecule has 0 bridgehead atoms. The van der Waals surface area contributed by atoms with Crippen LogP contribution in [0.25, 0.3) is 10.8 Å². The van der Waals surface area contributed by atoms with E-state index in [1.165, 1.54) is 0 Å². The van der Waals surface area contributed by atoms with Gasteiger partial charge in [-0.1, -0.05) is 42.4 Å². The van der Waals surface area contributed by atoms with Gasteiger partial charge in [-0.2, -0.15) is 0 Å². The predicted molar refractivity (Wildman–Crippen MR) is 105 cm³/mol. The molecule has 0 aliphatic rings. The molecule has 0 fully saturated rings. The van der Waals surface area contributed by atoms with Gasteiger partial charge in [0.05, 0.1) is 0 Å². The largest absolute Gasteiger partial charge is 0.360 e. The number of amides is 2. The zero-order valence-corrected chi connectivity index (χ0v) is 15.7. The van der Waals surface area contributed by atoms with Crippen LogP contribution >= 0.6 is 0 Å². The quantitative estimate of drug-likeness (QED) is 0.716. The van der Waals surface area contributed by atoms with E-state index in [2.05, 4.69) is 10.5 Å². The van der Waals surface area contributed by atoms with Crippen molar-refractivity contribution in [1.29, 1.82) is 0 Å². The van der Waals surface area contributed by atoms with Gasteiger partial charge in [-0.15, -0.1) is 0 Å². The fourth-order valence-corrected chi connectivity index (χ4v) is 2.90. The van der Waals surface area contributed by atoms with Gasteiger partial charge in [-0.05, 0) is 43.2 Å². The minimum Gasteiger partial charge on any atom is -0.360 e. The first-order valence-corrected chi connectivity index (χ1v) is 9.01. The van der Waals surface area contributed by atoms with Gasteiger partial charge in [0.25, 0.3) is 5.91 Å². The SMILES string of the molecule is CCC(C)N(CC(=O)Nc1cc(C)on1)C(=O)c1ccc2ccccc2c1. The number of hydrogen-bond donors (Lipinski definition) is 1. The minimum atomic E-state index is -0.308. The normalized spacial score (nSPS) is 12.0. The lowest BCUT2D eigenvalue weighted by atomic mass is 10.1. The van der Waals surface area contributed by atoms with Crippen molar-refractivity contribution in [3.63, 3.8) is 0 Å². The van der Waals surface area contributed by atoms with Gasteiger partial charge in [0.2, 0.25) is 5.91 Å². The summed E-state index contributed by atoms with van der Waals surface area (Å²) in [5, 5.41) is 8.49. The van der Waals surface area contributed by atoms with Crippen LogP contribution in [-0.4, -0.2) is 34.5 Å². The molecule has 0 aliphatic heterocycles. The number of carbonyl (C=O) groups excluding carboxylic acids is 2. The van der Waals surface area contributed by atoms with Crippen LogP contribution in [0.2, 0.25) is 0 Å². The summed E-state index contributed by atoms with van der Waals surface area (Å²) in [6.07, 6.45) is 0.746. The maximum atomic E-state index is 13.1. The molecule has 1 aromatic heterocycles.